The normalized spacial score (nSPS) is 27.1. The third-order valence-electron chi connectivity index (χ3n) is 5.51. The lowest BCUT2D eigenvalue weighted by Crippen LogP contribution is -2.48. The van der Waals surface area contributed by atoms with Crippen LogP contribution in [0.1, 0.15) is 39.3 Å². The fourth-order valence-corrected chi connectivity index (χ4v) is 3.93. The molecule has 3 heterocycles. The summed E-state index contributed by atoms with van der Waals surface area (Å²) in [7, 11) is 0. The van der Waals surface area contributed by atoms with Gasteiger partial charge in [0.1, 0.15) is 5.82 Å². The molecule has 2 aliphatic heterocycles. The number of nitrogens with zero attached hydrogens (tertiary/aromatic N) is 3. The van der Waals surface area contributed by atoms with E-state index in [0.29, 0.717) is 18.1 Å². The molecule has 1 aromatic heterocycles. The molecule has 1 N–H and O–H groups in total. The Bertz CT molecular complexity index is 508. The second-order valence-electron chi connectivity index (χ2n) is 7.70. The summed E-state index contributed by atoms with van der Waals surface area (Å²) < 4.78 is 0. The third-order valence-corrected chi connectivity index (χ3v) is 5.51. The topological polar surface area (TPSA) is 31.4 Å². The van der Waals surface area contributed by atoms with Crippen LogP contribution in [0.15, 0.2) is 18.2 Å². The zero-order valence-electron chi connectivity index (χ0n) is 15.1. The van der Waals surface area contributed by atoms with Crippen molar-refractivity contribution in [2.75, 3.05) is 31.1 Å². The Morgan fingerprint density at radius 3 is 2.52 bits per heavy atom. The van der Waals surface area contributed by atoms with Gasteiger partial charge < -0.3 is 10.2 Å². The highest BCUT2D eigenvalue weighted by molar-refractivity contribution is 5.39. The van der Waals surface area contributed by atoms with Gasteiger partial charge in [-0.15, -0.1) is 0 Å². The number of anilines is 1. The van der Waals surface area contributed by atoms with E-state index in [1.165, 1.54) is 25.9 Å². The maximum atomic E-state index is 4.67. The highest BCUT2D eigenvalue weighted by atomic mass is 15.2. The Balaban J connectivity index is 1.50. The average Bonchev–Trinajstić information content (AvgIpc) is 2.89. The van der Waals surface area contributed by atoms with Crippen LogP contribution in [0.2, 0.25) is 0 Å². The van der Waals surface area contributed by atoms with Gasteiger partial charge in [0.2, 0.25) is 0 Å². The Morgan fingerprint density at radius 1 is 1.17 bits per heavy atom. The Labute approximate surface area is 141 Å². The van der Waals surface area contributed by atoms with Gasteiger partial charge >= 0.3 is 0 Å². The lowest BCUT2D eigenvalue weighted by molar-refractivity contribution is 0.260. The molecular weight excluding hydrogens is 284 g/mol. The number of pyridine rings is 1. The highest BCUT2D eigenvalue weighted by Crippen LogP contribution is 2.22. The zero-order valence-corrected chi connectivity index (χ0v) is 15.1. The van der Waals surface area contributed by atoms with Crippen molar-refractivity contribution in [1.82, 2.24) is 15.2 Å². The molecule has 3 rings (SSSR count). The van der Waals surface area contributed by atoms with Gasteiger partial charge in [-0.1, -0.05) is 13.0 Å². The molecule has 0 amide bonds. The molecule has 128 valence electrons. The van der Waals surface area contributed by atoms with E-state index in [9.17, 15) is 0 Å². The maximum absolute atomic E-state index is 4.67. The second kappa shape index (κ2) is 7.18. The minimum absolute atomic E-state index is 0.658. The van der Waals surface area contributed by atoms with Crippen molar-refractivity contribution in [3.8, 4) is 0 Å². The van der Waals surface area contributed by atoms with Crippen LogP contribution in [0, 0.1) is 12.8 Å². The molecule has 4 heteroatoms. The minimum atomic E-state index is 0.658. The van der Waals surface area contributed by atoms with E-state index in [4.69, 9.17) is 0 Å². The molecule has 0 spiro atoms. The van der Waals surface area contributed by atoms with E-state index in [0.717, 1.165) is 30.5 Å². The van der Waals surface area contributed by atoms with E-state index in [1.807, 2.05) is 0 Å². The van der Waals surface area contributed by atoms with Crippen LogP contribution >= 0.6 is 0 Å². The van der Waals surface area contributed by atoms with Crippen LogP contribution in [-0.4, -0.2) is 54.2 Å². The van der Waals surface area contributed by atoms with Crippen LogP contribution in [0.4, 0.5) is 5.82 Å². The SMILES string of the molecule is Cc1cccc(N2CCC(NC3CN(C(C)C)CC3C)CC2)n1. The maximum Gasteiger partial charge on any atom is 0.128 e. The van der Waals surface area contributed by atoms with E-state index < -0.39 is 0 Å². The number of piperidine rings is 1. The molecule has 1 aromatic rings. The predicted molar refractivity (Wildman–Crippen MR) is 97.0 cm³/mol. The summed E-state index contributed by atoms with van der Waals surface area (Å²) in [6.07, 6.45) is 2.45. The number of likely N-dealkylation sites (tertiary alicyclic amines) is 1. The number of nitrogens with one attached hydrogen (secondary N) is 1. The molecule has 0 aromatic carbocycles. The molecule has 0 aliphatic carbocycles. The predicted octanol–water partition coefficient (Wildman–Crippen LogP) is 2.68. The first-order chi connectivity index (χ1) is 11.0. The summed E-state index contributed by atoms with van der Waals surface area (Å²) in [5.41, 5.74) is 1.11. The van der Waals surface area contributed by atoms with Crippen molar-refractivity contribution >= 4 is 5.82 Å². The molecule has 2 saturated heterocycles. The number of hydrogen-bond donors (Lipinski definition) is 1. The van der Waals surface area contributed by atoms with Gasteiger partial charge in [0.15, 0.2) is 0 Å². The molecule has 0 bridgehead atoms. The van der Waals surface area contributed by atoms with Gasteiger partial charge in [-0.3, -0.25) is 4.90 Å². The van der Waals surface area contributed by atoms with E-state index >= 15 is 0 Å². The summed E-state index contributed by atoms with van der Waals surface area (Å²) in [5, 5.41) is 3.95. The van der Waals surface area contributed by atoms with Crippen LogP contribution in [0.25, 0.3) is 0 Å². The molecule has 4 nitrogen and oxygen atoms in total. The number of aromatic nitrogens is 1. The van der Waals surface area contributed by atoms with Crippen molar-refractivity contribution in [2.45, 2.75) is 58.7 Å². The minimum Gasteiger partial charge on any atom is -0.356 e. The molecule has 23 heavy (non-hydrogen) atoms. The third kappa shape index (κ3) is 4.04. The van der Waals surface area contributed by atoms with Crippen molar-refractivity contribution in [1.29, 1.82) is 0 Å². The Hall–Kier alpha value is -1.13. The fourth-order valence-electron chi connectivity index (χ4n) is 3.93. The molecule has 0 saturated carbocycles. The van der Waals surface area contributed by atoms with Gasteiger partial charge in [0.25, 0.3) is 0 Å². The van der Waals surface area contributed by atoms with Crippen molar-refractivity contribution in [3.63, 3.8) is 0 Å². The van der Waals surface area contributed by atoms with Gasteiger partial charge in [-0.05, 0) is 51.7 Å². The second-order valence-corrected chi connectivity index (χ2v) is 7.70. The average molecular weight is 316 g/mol. The summed E-state index contributed by atoms with van der Waals surface area (Å²) >= 11 is 0. The van der Waals surface area contributed by atoms with Gasteiger partial charge in [-0.2, -0.15) is 0 Å². The zero-order chi connectivity index (χ0) is 16.4. The van der Waals surface area contributed by atoms with Crippen molar-refractivity contribution in [2.24, 2.45) is 5.92 Å². The van der Waals surface area contributed by atoms with Crippen molar-refractivity contribution < 1.29 is 0 Å². The molecule has 2 aliphatic rings. The first-order valence-corrected chi connectivity index (χ1v) is 9.21. The number of aryl methyl sites for hydroxylation is 1. The van der Waals surface area contributed by atoms with Crippen LogP contribution < -0.4 is 10.2 Å². The lowest BCUT2D eigenvalue weighted by atomic mass is 10.0. The molecule has 2 unspecified atom stereocenters. The summed E-state index contributed by atoms with van der Waals surface area (Å²) in [4.78, 5) is 9.70. The van der Waals surface area contributed by atoms with Crippen molar-refractivity contribution in [3.05, 3.63) is 23.9 Å². The Kier molecular flexibility index (Phi) is 5.22. The van der Waals surface area contributed by atoms with Gasteiger partial charge in [0, 0.05) is 50.0 Å². The molecule has 2 fully saturated rings. The van der Waals surface area contributed by atoms with Crippen LogP contribution in [-0.2, 0) is 0 Å². The largest absolute Gasteiger partial charge is 0.356 e. The smallest absolute Gasteiger partial charge is 0.128 e. The van der Waals surface area contributed by atoms with E-state index in [1.54, 1.807) is 0 Å². The molecule has 0 radical (unpaired) electrons. The first-order valence-electron chi connectivity index (χ1n) is 9.21. The standard InChI is InChI=1S/C19H32N4/c1-14(2)23-12-15(3)18(13-23)21-17-8-10-22(11-9-17)19-7-5-6-16(4)20-19/h5-7,14-15,17-18,21H,8-13H2,1-4H3. The van der Waals surface area contributed by atoms with Crippen LogP contribution in [0.3, 0.4) is 0 Å². The molecule has 2 atom stereocenters. The van der Waals surface area contributed by atoms with E-state index in [-0.39, 0.29) is 0 Å². The van der Waals surface area contributed by atoms with Crippen LogP contribution in [0.5, 0.6) is 0 Å². The first kappa shape index (κ1) is 16.7. The summed E-state index contributed by atoms with van der Waals surface area (Å²) in [5.74, 6) is 1.90. The summed E-state index contributed by atoms with van der Waals surface area (Å²) in [6, 6.07) is 8.31. The van der Waals surface area contributed by atoms with Gasteiger partial charge in [0.05, 0.1) is 0 Å². The lowest BCUT2D eigenvalue weighted by Gasteiger charge is -2.35. The highest BCUT2D eigenvalue weighted by Gasteiger charge is 2.32. The number of hydrogen-bond acceptors (Lipinski definition) is 4. The quantitative estimate of drug-likeness (QED) is 0.925. The number of rotatable bonds is 4. The summed E-state index contributed by atoms with van der Waals surface area (Å²) in [6.45, 7) is 13.8. The van der Waals surface area contributed by atoms with Gasteiger partial charge in [-0.25, -0.2) is 4.98 Å². The fraction of sp³-hybridized carbons (Fsp3) is 0.737. The Morgan fingerprint density at radius 2 is 1.91 bits per heavy atom. The molecular formula is C19H32N4. The van der Waals surface area contributed by atoms with E-state index in [2.05, 4.69) is 66.0 Å². The monoisotopic (exact) mass is 316 g/mol.